The van der Waals surface area contributed by atoms with Gasteiger partial charge in [0, 0.05) is 32.4 Å². The quantitative estimate of drug-likeness (QED) is 0.406. The lowest BCUT2D eigenvalue weighted by Gasteiger charge is -2.02. The molecule has 0 unspecified atom stereocenters. The molecule has 3 aromatic rings. The zero-order valence-corrected chi connectivity index (χ0v) is 13.9. The number of carbonyl (C=O) groups is 1. The van der Waals surface area contributed by atoms with E-state index in [1.807, 2.05) is 24.3 Å². The Morgan fingerprint density at radius 1 is 1.15 bits per heavy atom. The number of rotatable bonds is 4. The van der Waals surface area contributed by atoms with Gasteiger partial charge >= 0.3 is 5.97 Å². The van der Waals surface area contributed by atoms with Gasteiger partial charge in [-0.25, -0.2) is 0 Å². The minimum atomic E-state index is -0.396. The molecule has 6 nitrogen and oxygen atoms in total. The minimum Gasteiger partial charge on any atom is -0.461 e. The molecule has 0 fully saturated rings. The number of para-hydroxylation sites is 1. The third kappa shape index (κ3) is 3.68. The fourth-order valence-electron chi connectivity index (χ4n) is 2.40. The fourth-order valence-corrected chi connectivity index (χ4v) is 2.40. The monoisotopic (exact) mass is 343 g/mol. The highest BCUT2D eigenvalue weighted by Gasteiger charge is 2.19. The van der Waals surface area contributed by atoms with Crippen LogP contribution in [0.5, 0.6) is 0 Å². The van der Waals surface area contributed by atoms with Crippen molar-refractivity contribution in [1.82, 2.24) is 0 Å². The van der Waals surface area contributed by atoms with Crippen molar-refractivity contribution in [3.05, 3.63) is 53.3 Å². The maximum Gasteiger partial charge on any atom is 0.302 e. The molecular weight excluding hydrogens is 331 g/mol. The van der Waals surface area contributed by atoms with Crippen LogP contribution in [0.4, 0.5) is 0 Å². The van der Waals surface area contributed by atoms with Crippen LogP contribution < -0.4 is 0 Å². The van der Waals surface area contributed by atoms with E-state index in [0.29, 0.717) is 28.4 Å². The van der Waals surface area contributed by atoms with E-state index in [-0.39, 0.29) is 20.6 Å². The van der Waals surface area contributed by atoms with E-state index in [1.165, 1.54) is 13.0 Å². The molecule has 3 rings (SSSR count). The van der Waals surface area contributed by atoms with E-state index in [0.717, 1.165) is 5.39 Å². The SMILES string of the molecule is CC(=O)OCc1c(-c2ccc(C=C(C#N)C#N)o2)oc2ccccc12.[B]. The molecular formula is C19H12BN2O4. The van der Waals surface area contributed by atoms with Crippen molar-refractivity contribution in [1.29, 1.82) is 10.5 Å². The van der Waals surface area contributed by atoms with E-state index in [1.54, 1.807) is 24.3 Å². The molecule has 0 atom stereocenters. The summed E-state index contributed by atoms with van der Waals surface area (Å²) in [5.41, 5.74) is 1.27. The first-order valence-electron chi connectivity index (χ1n) is 7.38. The van der Waals surface area contributed by atoms with E-state index < -0.39 is 5.97 Å². The van der Waals surface area contributed by atoms with E-state index >= 15 is 0 Å². The molecule has 1 aromatic carbocycles. The largest absolute Gasteiger partial charge is 0.461 e. The summed E-state index contributed by atoms with van der Waals surface area (Å²) in [4.78, 5) is 11.2. The molecule has 125 valence electrons. The Kier molecular flexibility index (Phi) is 5.67. The second-order valence-electron chi connectivity index (χ2n) is 5.17. The van der Waals surface area contributed by atoms with E-state index in [2.05, 4.69) is 0 Å². The fraction of sp³-hybridized carbons (Fsp3) is 0.105. The Balaban J connectivity index is 0.00000243. The maximum absolute atomic E-state index is 11.2. The van der Waals surface area contributed by atoms with E-state index in [9.17, 15) is 4.79 Å². The molecule has 2 heterocycles. The number of furan rings is 2. The molecule has 0 saturated carbocycles. The van der Waals surface area contributed by atoms with Crippen molar-refractivity contribution < 1.29 is 18.4 Å². The van der Waals surface area contributed by atoms with Crippen LogP contribution in [0.2, 0.25) is 0 Å². The first-order valence-corrected chi connectivity index (χ1v) is 7.38. The van der Waals surface area contributed by atoms with Crippen LogP contribution in [0, 0.1) is 22.7 Å². The zero-order chi connectivity index (χ0) is 17.8. The number of ether oxygens (including phenoxy) is 1. The number of carbonyl (C=O) groups excluding carboxylic acids is 1. The number of allylic oxidation sites excluding steroid dienone is 1. The van der Waals surface area contributed by atoms with Crippen LogP contribution >= 0.6 is 0 Å². The van der Waals surface area contributed by atoms with Crippen LogP contribution in [-0.2, 0) is 16.1 Å². The van der Waals surface area contributed by atoms with Crippen LogP contribution in [0.25, 0.3) is 28.6 Å². The molecule has 0 bridgehead atoms. The summed E-state index contributed by atoms with van der Waals surface area (Å²) in [5.74, 6) is 0.816. The smallest absolute Gasteiger partial charge is 0.302 e. The first kappa shape index (κ1) is 18.6. The average Bonchev–Trinajstić information content (AvgIpc) is 3.22. The Labute approximate surface area is 151 Å². The highest BCUT2D eigenvalue weighted by Crippen LogP contribution is 2.35. The van der Waals surface area contributed by atoms with Gasteiger partial charge in [0.15, 0.2) is 11.5 Å². The molecule has 2 aromatic heterocycles. The number of benzene rings is 1. The topological polar surface area (TPSA) is 100 Å². The van der Waals surface area contributed by atoms with Crippen LogP contribution in [0.3, 0.4) is 0 Å². The van der Waals surface area contributed by atoms with E-state index in [4.69, 9.17) is 24.1 Å². The standard InChI is InChI=1S/C19H12N2O4.B/c1-12(22)23-11-16-15-4-2-3-5-17(15)25-19(16)18-7-6-14(24-18)8-13(9-20)10-21;/h2-8H,11H2,1H3;. The Bertz CT molecular complexity index is 1050. The van der Waals surface area contributed by atoms with Gasteiger partial charge in [0.05, 0.1) is 0 Å². The van der Waals surface area contributed by atoms with Gasteiger partial charge in [-0.05, 0) is 18.2 Å². The highest BCUT2D eigenvalue weighted by molar-refractivity contribution is 5.87. The minimum absolute atomic E-state index is 0. The molecule has 0 spiro atoms. The van der Waals surface area contributed by atoms with Gasteiger partial charge in [-0.15, -0.1) is 0 Å². The molecule has 0 aliphatic rings. The molecule has 0 aliphatic heterocycles. The number of esters is 1. The second-order valence-corrected chi connectivity index (χ2v) is 5.17. The number of nitriles is 2. The van der Waals surface area contributed by atoms with Crippen LogP contribution in [0.1, 0.15) is 18.2 Å². The molecule has 0 saturated heterocycles. The van der Waals surface area contributed by atoms with Crippen molar-refractivity contribution in [2.24, 2.45) is 0 Å². The first-order chi connectivity index (χ1) is 12.1. The number of nitrogens with zero attached hydrogens (tertiary/aromatic N) is 2. The average molecular weight is 343 g/mol. The van der Waals surface area contributed by atoms with Crippen molar-refractivity contribution in [2.75, 3.05) is 0 Å². The normalized spacial score (nSPS) is 9.65. The summed E-state index contributed by atoms with van der Waals surface area (Å²) in [5, 5.41) is 18.5. The number of fused-ring (bicyclic) bond motifs is 1. The van der Waals surface area contributed by atoms with Gasteiger partial charge in [-0.2, -0.15) is 10.5 Å². The Morgan fingerprint density at radius 3 is 2.58 bits per heavy atom. The molecule has 0 aliphatic carbocycles. The predicted octanol–water partition coefficient (Wildman–Crippen LogP) is 3.81. The Morgan fingerprint density at radius 2 is 1.88 bits per heavy atom. The van der Waals surface area contributed by atoms with Gasteiger partial charge in [0.1, 0.15) is 35.7 Å². The molecule has 26 heavy (non-hydrogen) atoms. The van der Waals surface area contributed by atoms with Crippen molar-refractivity contribution in [3.63, 3.8) is 0 Å². The summed E-state index contributed by atoms with van der Waals surface area (Å²) < 4.78 is 16.6. The van der Waals surface area contributed by atoms with Gasteiger partial charge < -0.3 is 13.6 Å². The number of hydrogen-bond acceptors (Lipinski definition) is 6. The van der Waals surface area contributed by atoms with Crippen LogP contribution in [0.15, 0.2) is 50.8 Å². The lowest BCUT2D eigenvalue weighted by atomic mass is 10.1. The highest BCUT2D eigenvalue weighted by atomic mass is 16.5. The molecule has 3 radical (unpaired) electrons. The molecule has 0 N–H and O–H groups in total. The summed E-state index contributed by atoms with van der Waals surface area (Å²) in [6.07, 6.45) is 1.35. The van der Waals surface area contributed by atoms with Crippen molar-refractivity contribution in [2.45, 2.75) is 13.5 Å². The summed E-state index contributed by atoms with van der Waals surface area (Å²) in [7, 11) is 0. The van der Waals surface area contributed by atoms with Gasteiger partial charge in [0.25, 0.3) is 0 Å². The summed E-state index contributed by atoms with van der Waals surface area (Å²) in [6.45, 7) is 1.39. The summed E-state index contributed by atoms with van der Waals surface area (Å²) in [6, 6.07) is 14.2. The maximum atomic E-state index is 11.2. The third-order valence-corrected chi connectivity index (χ3v) is 3.50. The van der Waals surface area contributed by atoms with Gasteiger partial charge in [0.2, 0.25) is 0 Å². The van der Waals surface area contributed by atoms with Crippen LogP contribution in [-0.4, -0.2) is 14.4 Å². The predicted molar refractivity (Wildman–Crippen MR) is 94.3 cm³/mol. The van der Waals surface area contributed by atoms with Gasteiger partial charge in [-0.3, -0.25) is 4.79 Å². The molecule has 7 heteroatoms. The second kappa shape index (κ2) is 7.91. The lowest BCUT2D eigenvalue weighted by Crippen LogP contribution is -1.99. The van der Waals surface area contributed by atoms with Gasteiger partial charge in [-0.1, -0.05) is 18.2 Å². The summed E-state index contributed by atoms with van der Waals surface area (Å²) >= 11 is 0. The molecule has 0 amide bonds. The van der Waals surface area contributed by atoms with Crippen molar-refractivity contribution in [3.8, 4) is 23.7 Å². The third-order valence-electron chi connectivity index (χ3n) is 3.50. The van der Waals surface area contributed by atoms with Crippen molar-refractivity contribution >= 4 is 31.4 Å². The Hall–Kier alpha value is -3.71. The zero-order valence-electron chi connectivity index (χ0n) is 13.9. The number of hydrogen-bond donors (Lipinski definition) is 0. The lowest BCUT2D eigenvalue weighted by molar-refractivity contribution is -0.142.